The molecule has 1 aliphatic rings. The molecule has 0 fully saturated rings. The third kappa shape index (κ3) is 2.82. The lowest BCUT2D eigenvalue weighted by Crippen LogP contribution is -2.05. The molecule has 0 aromatic heterocycles. The number of aliphatic hydroxyl groups excluding tert-OH is 1. The molecule has 1 aromatic rings. The van der Waals surface area contributed by atoms with Crippen LogP contribution in [-0.4, -0.2) is 18.3 Å². The zero-order chi connectivity index (χ0) is 13.0. The maximum Gasteiger partial charge on any atom is 0.119 e. The molecule has 96 valence electrons. The number of hydrogen-bond donors (Lipinski definition) is 1. The molecule has 1 atom stereocenters. The monoisotopic (exact) mass is 244 g/mol. The van der Waals surface area contributed by atoms with Crippen LogP contribution in [0.5, 0.6) is 5.75 Å². The van der Waals surface area contributed by atoms with Gasteiger partial charge in [0.25, 0.3) is 0 Å². The Morgan fingerprint density at radius 1 is 1.50 bits per heavy atom. The van der Waals surface area contributed by atoms with Crippen LogP contribution in [-0.2, 0) is 6.42 Å². The second kappa shape index (κ2) is 5.87. The second-order valence-electron chi connectivity index (χ2n) is 4.63. The summed E-state index contributed by atoms with van der Waals surface area (Å²) in [7, 11) is 1.70. The van der Waals surface area contributed by atoms with E-state index in [0.29, 0.717) is 0 Å². The van der Waals surface area contributed by atoms with Crippen molar-refractivity contribution in [2.75, 3.05) is 7.11 Å². The van der Waals surface area contributed by atoms with Gasteiger partial charge in [-0.15, -0.1) is 6.58 Å². The summed E-state index contributed by atoms with van der Waals surface area (Å²) in [6.45, 7) is 3.61. The van der Waals surface area contributed by atoms with Crippen LogP contribution >= 0.6 is 0 Å². The first-order chi connectivity index (χ1) is 8.74. The number of ether oxygens (including phenoxy) is 1. The number of rotatable bonds is 5. The van der Waals surface area contributed by atoms with Gasteiger partial charge in [0, 0.05) is 0 Å². The Hall–Kier alpha value is -1.54. The molecule has 2 heteroatoms. The van der Waals surface area contributed by atoms with E-state index in [4.69, 9.17) is 4.74 Å². The quantitative estimate of drug-likeness (QED) is 0.805. The molecule has 1 unspecified atom stereocenters. The number of methoxy groups -OCH3 is 1. The minimum absolute atomic E-state index is 0.408. The van der Waals surface area contributed by atoms with Gasteiger partial charge < -0.3 is 9.84 Å². The summed E-state index contributed by atoms with van der Waals surface area (Å²) in [5.41, 5.74) is 3.98. The van der Waals surface area contributed by atoms with Gasteiger partial charge in [0.05, 0.1) is 13.2 Å². The van der Waals surface area contributed by atoms with E-state index in [2.05, 4.69) is 24.8 Å². The van der Waals surface area contributed by atoms with E-state index in [1.54, 1.807) is 13.2 Å². The molecule has 1 aromatic carbocycles. The molecule has 2 nitrogen and oxygen atoms in total. The zero-order valence-corrected chi connectivity index (χ0v) is 10.9. The molecule has 0 radical (unpaired) electrons. The molecule has 1 N–H and O–H groups in total. The van der Waals surface area contributed by atoms with Crippen LogP contribution in [0.25, 0.3) is 5.57 Å². The lowest BCUT2D eigenvalue weighted by atomic mass is 9.88. The number of fused-ring (bicyclic) bond motifs is 1. The summed E-state index contributed by atoms with van der Waals surface area (Å²) in [6.07, 6.45) is 7.24. The van der Waals surface area contributed by atoms with Crippen molar-refractivity contribution >= 4 is 5.57 Å². The van der Waals surface area contributed by atoms with Crippen LogP contribution in [0.15, 0.2) is 36.9 Å². The van der Waals surface area contributed by atoms with Crippen LogP contribution in [0.3, 0.4) is 0 Å². The molecular weight excluding hydrogens is 224 g/mol. The Labute approximate surface area is 109 Å². The van der Waals surface area contributed by atoms with Crippen LogP contribution in [0.1, 0.15) is 30.4 Å². The SMILES string of the molecule is C=CC(O)CCC1=CCCc2cc(OC)ccc21. The Morgan fingerprint density at radius 3 is 3.06 bits per heavy atom. The van der Waals surface area contributed by atoms with Crippen LogP contribution in [0, 0.1) is 0 Å². The molecule has 0 bridgehead atoms. The second-order valence-corrected chi connectivity index (χ2v) is 4.63. The third-order valence-electron chi connectivity index (χ3n) is 3.44. The third-order valence-corrected chi connectivity index (χ3v) is 3.44. The number of benzene rings is 1. The summed E-state index contributed by atoms with van der Waals surface area (Å²) in [5.74, 6) is 0.918. The standard InChI is InChI=1S/C16H20O2/c1-3-14(17)8-7-12-5-4-6-13-11-15(18-2)9-10-16(12)13/h3,5,9-11,14,17H,1,4,6-8H2,2H3. The first-order valence-electron chi connectivity index (χ1n) is 6.41. The summed E-state index contributed by atoms with van der Waals surface area (Å²) in [4.78, 5) is 0. The lowest BCUT2D eigenvalue weighted by Gasteiger charge is -2.19. The Kier molecular flexibility index (Phi) is 4.21. The molecular formula is C16H20O2. The predicted molar refractivity (Wildman–Crippen MR) is 74.7 cm³/mol. The normalized spacial score (nSPS) is 15.6. The number of allylic oxidation sites excluding steroid dienone is 2. The molecule has 1 aliphatic carbocycles. The van der Waals surface area contributed by atoms with Gasteiger partial charge in [-0.3, -0.25) is 0 Å². The summed E-state index contributed by atoms with van der Waals surface area (Å²) < 4.78 is 5.26. The maximum atomic E-state index is 9.55. The maximum absolute atomic E-state index is 9.55. The Balaban J connectivity index is 2.15. The summed E-state index contributed by atoms with van der Waals surface area (Å²) in [5, 5.41) is 9.55. The van der Waals surface area contributed by atoms with Crippen molar-refractivity contribution in [3.8, 4) is 5.75 Å². The molecule has 0 spiro atoms. The van der Waals surface area contributed by atoms with Gasteiger partial charge in [0.2, 0.25) is 0 Å². The fourth-order valence-corrected chi connectivity index (χ4v) is 2.39. The lowest BCUT2D eigenvalue weighted by molar-refractivity contribution is 0.215. The van der Waals surface area contributed by atoms with Crippen molar-refractivity contribution in [3.05, 3.63) is 48.1 Å². The van der Waals surface area contributed by atoms with Gasteiger partial charge in [-0.05, 0) is 54.5 Å². The van der Waals surface area contributed by atoms with Gasteiger partial charge >= 0.3 is 0 Å². The number of aliphatic hydroxyl groups is 1. The summed E-state index contributed by atoms with van der Waals surface area (Å²) >= 11 is 0. The van der Waals surface area contributed by atoms with E-state index < -0.39 is 6.10 Å². The van der Waals surface area contributed by atoms with E-state index in [0.717, 1.165) is 31.4 Å². The van der Waals surface area contributed by atoms with Crippen LogP contribution < -0.4 is 4.74 Å². The average molecular weight is 244 g/mol. The first-order valence-corrected chi connectivity index (χ1v) is 6.41. The molecule has 18 heavy (non-hydrogen) atoms. The van der Waals surface area contributed by atoms with Gasteiger partial charge in [-0.25, -0.2) is 0 Å². The largest absolute Gasteiger partial charge is 0.497 e. The van der Waals surface area contributed by atoms with Crippen molar-refractivity contribution in [3.63, 3.8) is 0 Å². The topological polar surface area (TPSA) is 29.5 Å². The van der Waals surface area contributed by atoms with E-state index in [9.17, 15) is 5.11 Å². The minimum atomic E-state index is -0.408. The predicted octanol–water partition coefficient (Wildman–Crippen LogP) is 3.35. The molecule has 0 heterocycles. The highest BCUT2D eigenvalue weighted by Crippen LogP contribution is 2.32. The highest BCUT2D eigenvalue weighted by molar-refractivity contribution is 5.70. The first kappa shape index (κ1) is 12.9. The molecule has 2 rings (SSSR count). The fourth-order valence-electron chi connectivity index (χ4n) is 2.39. The Morgan fingerprint density at radius 2 is 2.33 bits per heavy atom. The van der Waals surface area contributed by atoms with Crippen molar-refractivity contribution in [2.24, 2.45) is 0 Å². The highest BCUT2D eigenvalue weighted by Gasteiger charge is 2.14. The van der Waals surface area contributed by atoms with Gasteiger partial charge in [0.1, 0.15) is 5.75 Å². The van der Waals surface area contributed by atoms with E-state index in [-0.39, 0.29) is 0 Å². The van der Waals surface area contributed by atoms with E-state index in [1.807, 2.05) is 6.07 Å². The molecule has 0 saturated heterocycles. The van der Waals surface area contributed by atoms with E-state index >= 15 is 0 Å². The molecule has 0 saturated carbocycles. The summed E-state index contributed by atoms with van der Waals surface area (Å²) in [6, 6.07) is 6.24. The molecule has 0 aliphatic heterocycles. The highest BCUT2D eigenvalue weighted by atomic mass is 16.5. The van der Waals surface area contributed by atoms with Crippen LogP contribution in [0.4, 0.5) is 0 Å². The smallest absolute Gasteiger partial charge is 0.119 e. The van der Waals surface area contributed by atoms with Gasteiger partial charge in [-0.2, -0.15) is 0 Å². The van der Waals surface area contributed by atoms with Crippen molar-refractivity contribution in [1.82, 2.24) is 0 Å². The van der Waals surface area contributed by atoms with Crippen molar-refractivity contribution in [1.29, 1.82) is 0 Å². The zero-order valence-electron chi connectivity index (χ0n) is 10.9. The van der Waals surface area contributed by atoms with Crippen molar-refractivity contribution in [2.45, 2.75) is 31.8 Å². The van der Waals surface area contributed by atoms with Gasteiger partial charge in [0.15, 0.2) is 0 Å². The Bertz CT molecular complexity index is 460. The fraction of sp³-hybridized carbons (Fsp3) is 0.375. The molecule has 0 amide bonds. The van der Waals surface area contributed by atoms with E-state index in [1.165, 1.54) is 16.7 Å². The van der Waals surface area contributed by atoms with Gasteiger partial charge in [-0.1, -0.05) is 18.2 Å². The van der Waals surface area contributed by atoms with Crippen molar-refractivity contribution < 1.29 is 9.84 Å². The van der Waals surface area contributed by atoms with Crippen LogP contribution in [0.2, 0.25) is 0 Å². The number of hydrogen-bond acceptors (Lipinski definition) is 2. The minimum Gasteiger partial charge on any atom is -0.497 e. The number of aryl methyl sites for hydroxylation is 1. The average Bonchev–Trinajstić information content (AvgIpc) is 2.43.